The van der Waals surface area contributed by atoms with Gasteiger partial charge in [0, 0.05) is 28.9 Å². The molecule has 786 valence electrons. The number of unbranched alkanes of at least 4 members (excludes halogenated alkanes) is 12. The Morgan fingerprint density at radius 1 is 0.413 bits per heavy atom. The molecule has 0 aliphatic carbocycles. The topological polar surface area (TPSA) is 218 Å². The summed E-state index contributed by atoms with van der Waals surface area (Å²) in [7, 11) is -2.26. The van der Waals surface area contributed by atoms with Gasteiger partial charge in [-0.05, 0) is 229 Å². The van der Waals surface area contributed by atoms with Gasteiger partial charge in [0.15, 0.2) is 0 Å². The van der Waals surface area contributed by atoms with Crippen LogP contribution in [-0.2, 0) is 81.1 Å². The van der Waals surface area contributed by atoms with E-state index in [2.05, 4.69) is 270 Å². The van der Waals surface area contributed by atoms with Crippen molar-refractivity contribution in [2.24, 2.45) is 35.1 Å². The van der Waals surface area contributed by atoms with Crippen molar-refractivity contribution in [1.29, 1.82) is 0 Å². The van der Waals surface area contributed by atoms with Crippen LogP contribution in [0.2, 0.25) is 0 Å². The average Bonchev–Trinajstić information content (AvgIpc) is 0.826. The molecule has 0 aliphatic rings. The van der Waals surface area contributed by atoms with Gasteiger partial charge in [-0.15, -0.1) is 0 Å². The van der Waals surface area contributed by atoms with Gasteiger partial charge in [0.2, 0.25) is 11.8 Å². The normalized spacial score (nSPS) is 12.0. The van der Waals surface area contributed by atoms with Crippen LogP contribution in [-0.4, -0.2) is 120 Å². The van der Waals surface area contributed by atoms with Gasteiger partial charge < -0.3 is 73.1 Å². The van der Waals surface area contributed by atoms with Crippen LogP contribution in [0.3, 0.4) is 0 Å². The van der Waals surface area contributed by atoms with Crippen molar-refractivity contribution in [2.45, 2.75) is 351 Å². The van der Waals surface area contributed by atoms with E-state index in [1.807, 2.05) is 68.4 Å². The Bertz CT molecular complexity index is 4690. The van der Waals surface area contributed by atoms with Crippen LogP contribution >= 0.6 is 58.5 Å². The molecule has 0 saturated carbocycles. The number of benzene rings is 8. The van der Waals surface area contributed by atoms with E-state index >= 15 is 0 Å². The first-order valence-electron chi connectivity index (χ1n) is 51.0. The summed E-state index contributed by atoms with van der Waals surface area (Å²) >= 11 is 10.4. The van der Waals surface area contributed by atoms with Crippen molar-refractivity contribution >= 4 is 148 Å². The summed E-state index contributed by atoms with van der Waals surface area (Å²) < 4.78 is 52.3. The SMILES string of the molecule is C=C(CCc1ccccc1)C(CCCC)CCCCC.C=C(CCc1ccccc1)C(CCCC)OS(=O)(=O)c1ccc(C)cc1.C=C(CCc1ccccc1)C(CCCCC)CC(Br)C(N)=O.C=C(CCc1ccccc1)C(O)CCCC.C=[C-]CCc1ccccc1.CCCCC=O.Cc1ccc(S(=O)(=O)Cl)cc1.NC(=O)C(Br)CC(CCCC=O)C(CBr)CCc1ccccc1.[Br-].[Br-].[CH2-]CCCC.[Mg+2].[Mg+2]. The fraction of sp³-hybridized carbons (Fsp3) is 0.479. The summed E-state index contributed by atoms with van der Waals surface area (Å²) in [6, 6.07) is 75.7. The molecule has 0 spiro atoms. The zero-order valence-corrected chi connectivity index (χ0v) is 101. The third-order valence-electron chi connectivity index (χ3n) is 23.9. The number of carbonyl (C=O) groups excluding carboxylic acids is 4. The molecule has 8 aromatic carbocycles. The van der Waals surface area contributed by atoms with Crippen LogP contribution in [0.25, 0.3) is 0 Å². The molecule has 8 rings (SSSR count). The predicted octanol–water partition coefficient (Wildman–Crippen LogP) is 26.2. The molecule has 12 nitrogen and oxygen atoms in total. The molecule has 0 aromatic heterocycles. The van der Waals surface area contributed by atoms with Gasteiger partial charge in [-0.2, -0.15) is 21.3 Å². The van der Waals surface area contributed by atoms with Gasteiger partial charge in [-0.1, -0.05) is 459 Å². The van der Waals surface area contributed by atoms with E-state index in [0.29, 0.717) is 37.0 Å². The van der Waals surface area contributed by atoms with Crippen molar-refractivity contribution in [3.8, 4) is 0 Å². The summed E-state index contributed by atoms with van der Waals surface area (Å²) in [5.74, 6) is 1.35. The van der Waals surface area contributed by atoms with Crippen molar-refractivity contribution in [2.75, 3.05) is 5.33 Å². The number of primary amides is 2. The van der Waals surface area contributed by atoms with Crippen LogP contribution in [0.4, 0.5) is 0 Å². The molecule has 0 bridgehead atoms. The number of alkyl halides is 3. The van der Waals surface area contributed by atoms with E-state index in [4.69, 9.17) is 26.3 Å². The molecule has 0 heterocycles. The van der Waals surface area contributed by atoms with Crippen molar-refractivity contribution < 1.29 is 79.3 Å². The molecule has 8 unspecified atom stereocenters. The quantitative estimate of drug-likeness (QED) is 0.00479. The van der Waals surface area contributed by atoms with E-state index in [-0.39, 0.29) is 117 Å². The first-order valence-corrected chi connectivity index (χ1v) is 57.7. The number of hydrogen-bond acceptors (Lipinski definition) is 10. The first kappa shape index (κ1) is 146. The average molecular weight is 2360 g/mol. The van der Waals surface area contributed by atoms with E-state index < -0.39 is 25.3 Å². The molecule has 0 fully saturated rings. The Morgan fingerprint density at radius 3 is 1.09 bits per heavy atom. The Hall–Kier alpha value is -5.22. The number of aryl methyl sites for hydroxylation is 8. The van der Waals surface area contributed by atoms with E-state index in [9.17, 15) is 41.1 Å². The van der Waals surface area contributed by atoms with Crippen LogP contribution in [0.15, 0.2) is 296 Å². The maximum absolute atomic E-state index is 12.6. The predicted molar refractivity (Wildman–Crippen MR) is 617 cm³/mol. The van der Waals surface area contributed by atoms with Crippen LogP contribution in [0.1, 0.15) is 311 Å². The minimum atomic E-state index is -3.80. The third-order valence-corrected chi connectivity index (χ3v) is 29.0. The second-order valence-corrected chi connectivity index (χ2v) is 42.8. The minimum absolute atomic E-state index is 0. The van der Waals surface area contributed by atoms with Gasteiger partial charge in [-0.3, -0.25) is 20.4 Å². The summed E-state index contributed by atoms with van der Waals surface area (Å²) in [6.07, 6.45) is 45.9. The molecule has 22 heteroatoms. The summed E-state index contributed by atoms with van der Waals surface area (Å²) in [5, 5.41) is 10.7. The third kappa shape index (κ3) is 77.7. The number of aldehydes is 2. The van der Waals surface area contributed by atoms with E-state index in [0.717, 1.165) is 207 Å². The molecule has 8 atom stereocenters. The first-order chi connectivity index (χ1) is 66.8. The maximum atomic E-state index is 12.6. The largest absolute Gasteiger partial charge is 2.00 e. The molecule has 143 heavy (non-hydrogen) atoms. The summed E-state index contributed by atoms with van der Waals surface area (Å²) in [4.78, 5) is 42.6. The maximum Gasteiger partial charge on any atom is 2.00 e. The monoisotopic (exact) mass is 2360 g/mol. The van der Waals surface area contributed by atoms with Gasteiger partial charge in [0.1, 0.15) is 12.6 Å². The summed E-state index contributed by atoms with van der Waals surface area (Å²) in [5.41, 5.74) is 25.3. The molecular formula is C121H174Br5ClMg2N2O10S2. The number of hydrogen-bond donors (Lipinski definition) is 3. The van der Waals surface area contributed by atoms with Gasteiger partial charge in [-0.25, -0.2) is 8.42 Å². The fourth-order valence-corrected chi connectivity index (χ4v) is 18.5. The Labute approximate surface area is 952 Å². The van der Waals surface area contributed by atoms with E-state index in [1.165, 1.54) is 134 Å². The van der Waals surface area contributed by atoms with Crippen LogP contribution < -0.4 is 45.4 Å². The fourth-order valence-electron chi connectivity index (χ4n) is 14.8. The molecule has 0 aliphatic heterocycles. The zero-order chi connectivity index (χ0) is 104. The number of amides is 2. The van der Waals surface area contributed by atoms with Crippen LogP contribution in [0, 0.1) is 50.5 Å². The molecule has 2 amide bonds. The van der Waals surface area contributed by atoms with Gasteiger partial charge in [0.25, 0.3) is 19.2 Å². The second kappa shape index (κ2) is 96.4. The minimum Gasteiger partial charge on any atom is -1.00 e. The van der Waals surface area contributed by atoms with Crippen molar-refractivity contribution in [3.05, 3.63) is 343 Å². The standard InChI is InChI=1S/C22H28O3S.C20H32.C19H28BrNO.C18H25Br2NO2.C15H22O.C10H11.C7H7ClO2S.C5H10O.C5H11.2BrH.2Mg/c1-4-5-11-22(19(3)14-15-20-9-7-6-8-10-20)25-26(23,24)21-16-12-18(2)13-17-21;1-4-6-9-15-20(14-7-5-2)18(3)16-17-19-12-10-8-11-13-19;1-3-4-6-11-17(14-18(20)19(21)22)15(2)12-13-16-9-7-5-8-10-16;19-13-16(10-9-14-6-2-1-3-7-14)15(8-4-5-11-22)12-17(20)18(21)23;1-3-4-10-15(16)13(2)11-12-14-8-6-5-7-9-14;1-2-3-7-10-8-5-4-6-9-10;1-6-2-4-7(5-3-6)11(8,9)10;1-2-3-4-5-6;1-3-5-4-2;;;;/h6-10,12-13,16-17,22H,3-5,11,14-15H2,1-2H3;8,10-13,20H,3-7,9,14-17H2,1-2H3;5,7-10,17-18H,2-4,6,11-14H2,1H3,(H2,21,22);1-3,6-7,11,15-17H,4-5,8-10,12-13H2,(H2,21,23);5-9,15-16H,2-4,10-12H2,1H3;4-6,8-9H,1,3,7H2;2-5H,1H3;5H,2-4H2,1H3;1,3-5H2,2H3;2*1H;;/q;;;;;-1;;;-1;;;2*+2/p-2. The molecule has 0 saturated heterocycles. The molecule has 0 radical (unpaired) electrons. The Morgan fingerprint density at radius 2 is 0.741 bits per heavy atom. The summed E-state index contributed by atoms with van der Waals surface area (Å²) in [6.45, 7) is 43.1. The zero-order valence-electron chi connectivity index (χ0n) is 88.2. The number of rotatable bonds is 60. The molecular weight excluding hydrogens is 2190 g/mol. The Balaban J connectivity index is -0.000000514. The smallest absolute Gasteiger partial charge is 1.00 e. The Kier molecular flexibility index (Phi) is 98.5. The number of aliphatic hydroxyl groups is 1. The number of allylic oxidation sites excluding steroid dienone is 3. The number of carbonyl (C=O) groups is 4. The molecule has 5 N–H and O–H groups in total. The van der Waals surface area contributed by atoms with Gasteiger partial charge in [0.05, 0.1) is 31.7 Å². The second-order valence-electron chi connectivity index (χ2n) is 35.8. The molecule has 8 aromatic rings. The van der Waals surface area contributed by atoms with Crippen molar-refractivity contribution in [3.63, 3.8) is 0 Å². The van der Waals surface area contributed by atoms with Crippen molar-refractivity contribution in [1.82, 2.24) is 0 Å². The van der Waals surface area contributed by atoms with Crippen LogP contribution in [0.5, 0.6) is 0 Å². The van der Waals surface area contributed by atoms with Gasteiger partial charge >= 0.3 is 46.1 Å². The number of nitrogens with two attached hydrogens (primary N) is 2. The number of aliphatic hydroxyl groups excluding tert-OH is 1. The van der Waals surface area contributed by atoms with E-state index in [1.54, 1.807) is 36.4 Å². The number of halogens is 6.